The first-order chi connectivity index (χ1) is 15.0. The molecule has 1 aromatic heterocycles. The van der Waals surface area contributed by atoms with E-state index in [2.05, 4.69) is 54.1 Å². The highest BCUT2D eigenvalue weighted by atomic mass is 32.2. The maximum atomic E-state index is 11.1. The van der Waals surface area contributed by atoms with Crippen molar-refractivity contribution in [2.24, 2.45) is 0 Å². The number of aromatic nitrogens is 1. The molecule has 0 spiro atoms. The van der Waals surface area contributed by atoms with Crippen molar-refractivity contribution >= 4 is 17.7 Å². The fraction of sp³-hybridized carbons (Fsp3) is 0.320. The third-order valence-electron chi connectivity index (χ3n) is 5.14. The summed E-state index contributed by atoms with van der Waals surface area (Å²) in [5.41, 5.74) is 4.42. The minimum atomic E-state index is -1.19. The lowest BCUT2D eigenvalue weighted by Crippen LogP contribution is -2.39. The Labute approximate surface area is 188 Å². The molecular weight excluding hydrogens is 410 g/mol. The monoisotopic (exact) mass is 438 g/mol. The molecule has 1 unspecified atom stereocenters. The molecule has 3 aromatic rings. The number of carbonyl (C=O) groups excluding carboxylic acids is 1. The molecule has 0 aliphatic carbocycles. The quantitative estimate of drug-likeness (QED) is 0.424. The standard InChI is InChI=1S/C25H29NO4S/c1-4-29-24(25(27)28)17-19-6-10-21(11-7-19)30-16-15-26-18(2)5-14-23(26)20-8-12-22(31-3)13-9-20/h5-14,24H,4,15-17H2,1-3H3,(H,27,28)/p-1. The number of hydrogen-bond acceptors (Lipinski definition) is 5. The summed E-state index contributed by atoms with van der Waals surface area (Å²) in [6.45, 7) is 5.47. The van der Waals surface area contributed by atoms with E-state index in [1.807, 2.05) is 24.3 Å². The van der Waals surface area contributed by atoms with Crippen molar-refractivity contribution in [3.8, 4) is 17.0 Å². The van der Waals surface area contributed by atoms with E-state index in [-0.39, 0.29) is 6.42 Å². The molecule has 1 heterocycles. The molecule has 164 valence electrons. The largest absolute Gasteiger partial charge is 0.547 e. The molecule has 0 saturated heterocycles. The van der Waals surface area contributed by atoms with Gasteiger partial charge >= 0.3 is 0 Å². The average Bonchev–Trinajstić information content (AvgIpc) is 3.15. The van der Waals surface area contributed by atoms with Crippen molar-refractivity contribution in [2.75, 3.05) is 19.5 Å². The van der Waals surface area contributed by atoms with Crippen LogP contribution < -0.4 is 9.84 Å². The summed E-state index contributed by atoms with van der Waals surface area (Å²) in [5.74, 6) is -0.441. The minimum Gasteiger partial charge on any atom is -0.547 e. The highest BCUT2D eigenvalue weighted by Crippen LogP contribution is 2.25. The van der Waals surface area contributed by atoms with Crippen molar-refractivity contribution < 1.29 is 19.4 Å². The van der Waals surface area contributed by atoms with Gasteiger partial charge in [-0.15, -0.1) is 11.8 Å². The number of benzene rings is 2. The van der Waals surface area contributed by atoms with Crippen LogP contribution >= 0.6 is 11.8 Å². The fourth-order valence-corrected chi connectivity index (χ4v) is 3.89. The van der Waals surface area contributed by atoms with E-state index in [0.29, 0.717) is 13.2 Å². The molecule has 6 heteroatoms. The van der Waals surface area contributed by atoms with E-state index in [0.717, 1.165) is 17.9 Å². The molecule has 0 saturated carbocycles. The summed E-state index contributed by atoms with van der Waals surface area (Å²) in [6, 6.07) is 20.3. The normalized spacial score (nSPS) is 12.0. The number of aryl methyl sites for hydroxylation is 1. The molecule has 3 rings (SSSR count). The van der Waals surface area contributed by atoms with Crippen LogP contribution in [-0.2, 0) is 22.5 Å². The van der Waals surface area contributed by atoms with E-state index in [4.69, 9.17) is 9.47 Å². The molecule has 0 radical (unpaired) electrons. The maximum Gasteiger partial charge on any atom is 0.119 e. The van der Waals surface area contributed by atoms with Gasteiger partial charge in [0, 0.05) is 29.3 Å². The molecule has 0 aliphatic rings. The van der Waals surface area contributed by atoms with E-state index < -0.39 is 12.1 Å². The Bertz CT molecular complexity index is 980. The highest BCUT2D eigenvalue weighted by Gasteiger charge is 2.11. The lowest BCUT2D eigenvalue weighted by Gasteiger charge is -2.18. The summed E-state index contributed by atoms with van der Waals surface area (Å²) in [6.07, 6.45) is 1.42. The minimum absolute atomic E-state index is 0.275. The van der Waals surface area contributed by atoms with Gasteiger partial charge in [-0.1, -0.05) is 24.3 Å². The number of aliphatic carboxylic acids is 1. The molecular formula is C25H28NO4S-. The van der Waals surface area contributed by atoms with Gasteiger partial charge in [0.05, 0.1) is 12.5 Å². The smallest absolute Gasteiger partial charge is 0.119 e. The van der Waals surface area contributed by atoms with Crippen molar-refractivity contribution in [2.45, 2.75) is 37.8 Å². The Kier molecular flexibility index (Phi) is 8.20. The third-order valence-corrected chi connectivity index (χ3v) is 5.89. The van der Waals surface area contributed by atoms with Crippen LogP contribution in [0.25, 0.3) is 11.3 Å². The lowest BCUT2D eigenvalue weighted by molar-refractivity contribution is -0.316. The second kappa shape index (κ2) is 11.1. The summed E-state index contributed by atoms with van der Waals surface area (Å²) < 4.78 is 13.4. The van der Waals surface area contributed by atoms with Crippen LogP contribution in [-0.4, -0.2) is 36.1 Å². The van der Waals surface area contributed by atoms with Crippen molar-refractivity contribution in [3.05, 3.63) is 71.9 Å². The van der Waals surface area contributed by atoms with Crippen LogP contribution in [0.2, 0.25) is 0 Å². The topological polar surface area (TPSA) is 63.5 Å². The van der Waals surface area contributed by atoms with Gasteiger partial charge in [0.2, 0.25) is 0 Å². The Balaban J connectivity index is 1.59. The van der Waals surface area contributed by atoms with E-state index in [1.165, 1.54) is 21.8 Å². The van der Waals surface area contributed by atoms with Gasteiger partial charge in [-0.25, -0.2) is 0 Å². The summed E-state index contributed by atoms with van der Waals surface area (Å²) >= 11 is 1.74. The number of rotatable bonds is 11. The second-order valence-electron chi connectivity index (χ2n) is 7.20. The maximum absolute atomic E-state index is 11.1. The number of carbonyl (C=O) groups is 1. The summed E-state index contributed by atoms with van der Waals surface area (Å²) in [4.78, 5) is 12.4. The number of thioether (sulfide) groups is 1. The number of ether oxygens (including phenoxy) is 2. The predicted molar refractivity (Wildman–Crippen MR) is 122 cm³/mol. The van der Waals surface area contributed by atoms with E-state index >= 15 is 0 Å². The van der Waals surface area contributed by atoms with Gasteiger partial charge in [-0.05, 0) is 67.6 Å². The molecule has 0 aliphatic heterocycles. The first-order valence-electron chi connectivity index (χ1n) is 10.4. The van der Waals surface area contributed by atoms with Crippen LogP contribution in [0.1, 0.15) is 18.2 Å². The summed E-state index contributed by atoms with van der Waals surface area (Å²) in [5, 5.41) is 11.1. The highest BCUT2D eigenvalue weighted by molar-refractivity contribution is 7.98. The zero-order valence-electron chi connectivity index (χ0n) is 18.2. The Morgan fingerprint density at radius 1 is 1.06 bits per heavy atom. The van der Waals surface area contributed by atoms with Crippen molar-refractivity contribution in [3.63, 3.8) is 0 Å². The predicted octanol–water partition coefficient (Wildman–Crippen LogP) is 3.96. The van der Waals surface area contributed by atoms with E-state index in [1.54, 1.807) is 18.7 Å². The van der Waals surface area contributed by atoms with Crippen LogP contribution in [0.3, 0.4) is 0 Å². The molecule has 0 bridgehead atoms. The average molecular weight is 439 g/mol. The zero-order valence-corrected chi connectivity index (χ0v) is 19.0. The first-order valence-corrected chi connectivity index (χ1v) is 11.6. The van der Waals surface area contributed by atoms with Crippen LogP contribution in [0.15, 0.2) is 65.6 Å². The molecule has 5 nitrogen and oxygen atoms in total. The Morgan fingerprint density at radius 2 is 1.77 bits per heavy atom. The van der Waals surface area contributed by atoms with Crippen LogP contribution in [0, 0.1) is 6.92 Å². The van der Waals surface area contributed by atoms with Crippen molar-refractivity contribution in [1.82, 2.24) is 4.57 Å². The van der Waals surface area contributed by atoms with Gasteiger partial charge in [0.25, 0.3) is 0 Å². The van der Waals surface area contributed by atoms with Gasteiger partial charge in [0.1, 0.15) is 18.5 Å². The molecule has 31 heavy (non-hydrogen) atoms. The lowest BCUT2D eigenvalue weighted by atomic mass is 10.1. The SMILES string of the molecule is CCOC(Cc1ccc(OCCn2c(C)ccc2-c2ccc(SC)cc2)cc1)C(=O)[O-]. The van der Waals surface area contributed by atoms with Gasteiger partial charge in [-0.3, -0.25) is 0 Å². The number of carboxylic acids is 1. The fourth-order valence-electron chi connectivity index (χ4n) is 3.48. The van der Waals surface area contributed by atoms with Gasteiger partial charge in [0.15, 0.2) is 0 Å². The van der Waals surface area contributed by atoms with Crippen molar-refractivity contribution in [1.29, 1.82) is 0 Å². The van der Waals surface area contributed by atoms with Crippen LogP contribution in [0.4, 0.5) is 0 Å². The Hall–Kier alpha value is -2.70. The second-order valence-corrected chi connectivity index (χ2v) is 8.08. The first kappa shape index (κ1) is 23.0. The molecule has 2 aromatic carbocycles. The Morgan fingerprint density at radius 3 is 2.39 bits per heavy atom. The molecule has 0 fully saturated rings. The number of carboxylic acid groups (broad SMARTS) is 1. The third kappa shape index (κ3) is 6.15. The molecule has 0 amide bonds. The zero-order chi connectivity index (χ0) is 22.2. The summed E-state index contributed by atoms with van der Waals surface area (Å²) in [7, 11) is 0. The number of nitrogens with zero attached hydrogens (tertiary/aromatic N) is 1. The van der Waals surface area contributed by atoms with Crippen LogP contribution in [0.5, 0.6) is 5.75 Å². The van der Waals surface area contributed by atoms with Gasteiger partial charge in [-0.2, -0.15) is 0 Å². The van der Waals surface area contributed by atoms with Gasteiger partial charge < -0.3 is 23.9 Å². The molecule has 1 atom stereocenters. The molecule has 0 N–H and O–H groups in total. The number of hydrogen-bond donors (Lipinski definition) is 0. The van der Waals surface area contributed by atoms with E-state index in [9.17, 15) is 9.90 Å².